The van der Waals surface area contributed by atoms with Crippen LogP contribution in [0.25, 0.3) is 5.69 Å². The zero-order valence-corrected chi connectivity index (χ0v) is 18.6. The molecule has 9 nitrogen and oxygen atoms in total. The van der Waals surface area contributed by atoms with Crippen molar-refractivity contribution in [1.82, 2.24) is 9.55 Å². The number of primary sulfonamides is 1. The van der Waals surface area contributed by atoms with E-state index in [1.807, 2.05) is 0 Å². The van der Waals surface area contributed by atoms with Gasteiger partial charge in [0.1, 0.15) is 5.82 Å². The number of halogens is 1. The van der Waals surface area contributed by atoms with Crippen LogP contribution in [0.2, 0.25) is 0 Å². The van der Waals surface area contributed by atoms with Gasteiger partial charge in [0.25, 0.3) is 5.91 Å². The number of nitrogens with one attached hydrogen (secondary N) is 1. The third-order valence-corrected chi connectivity index (χ3v) is 5.89. The average molecular weight is 479 g/mol. The molecule has 0 spiro atoms. The number of hydrogen-bond donors (Lipinski definition) is 2. The molecule has 1 aromatic heterocycles. The van der Waals surface area contributed by atoms with Gasteiger partial charge >= 0.3 is 5.97 Å². The maximum atomic E-state index is 13.3. The molecule has 0 fully saturated rings. The van der Waals surface area contributed by atoms with E-state index < -0.39 is 33.8 Å². The van der Waals surface area contributed by atoms with Crippen LogP contribution in [0.5, 0.6) is 0 Å². The molecule has 0 radical (unpaired) electrons. The normalized spacial score (nSPS) is 12.2. The van der Waals surface area contributed by atoms with Crippen molar-refractivity contribution in [2.75, 3.05) is 11.6 Å². The number of benzene rings is 2. The average Bonchev–Trinajstić information content (AvgIpc) is 3.18. The van der Waals surface area contributed by atoms with Crippen LogP contribution in [0.3, 0.4) is 0 Å². The number of hydrogen-bond acceptors (Lipinski definition) is 7. The largest absolute Gasteiger partial charge is 0.448 e. The minimum absolute atomic E-state index is 0.0677. The van der Waals surface area contributed by atoms with Gasteiger partial charge in [-0.15, -0.1) is 0 Å². The summed E-state index contributed by atoms with van der Waals surface area (Å²) in [6, 6.07) is 10.7. The third-order valence-electron chi connectivity index (χ3n) is 4.31. The molecule has 0 aliphatic carbocycles. The minimum Gasteiger partial charge on any atom is -0.448 e. The van der Waals surface area contributed by atoms with Crippen LogP contribution in [0, 0.1) is 5.82 Å². The zero-order chi connectivity index (χ0) is 23.5. The molecule has 168 valence electrons. The molecule has 0 bridgehead atoms. The van der Waals surface area contributed by atoms with E-state index in [4.69, 9.17) is 9.88 Å². The van der Waals surface area contributed by atoms with E-state index in [9.17, 15) is 22.4 Å². The van der Waals surface area contributed by atoms with Crippen molar-refractivity contribution < 1.29 is 27.1 Å². The van der Waals surface area contributed by atoms with Crippen molar-refractivity contribution in [2.24, 2.45) is 5.14 Å². The predicted octanol–water partition coefficient (Wildman–Crippen LogP) is 2.56. The molecule has 0 saturated carbocycles. The Balaban J connectivity index is 1.73. The number of imidazole rings is 1. The van der Waals surface area contributed by atoms with E-state index in [0.717, 1.165) is 0 Å². The van der Waals surface area contributed by atoms with Crippen LogP contribution >= 0.6 is 11.8 Å². The van der Waals surface area contributed by atoms with Crippen LogP contribution in [-0.4, -0.2) is 42.2 Å². The fraction of sp³-hybridized carbons (Fsp3) is 0.150. The van der Waals surface area contributed by atoms with Gasteiger partial charge < -0.3 is 10.1 Å². The van der Waals surface area contributed by atoms with Crippen LogP contribution in [0.15, 0.2) is 64.8 Å². The van der Waals surface area contributed by atoms with Gasteiger partial charge in [-0.25, -0.2) is 27.7 Å². The van der Waals surface area contributed by atoms with Crippen molar-refractivity contribution >= 4 is 39.3 Å². The summed E-state index contributed by atoms with van der Waals surface area (Å²) in [7, 11) is -3.85. The van der Waals surface area contributed by atoms with E-state index in [-0.39, 0.29) is 10.6 Å². The summed E-state index contributed by atoms with van der Waals surface area (Å²) in [5.41, 5.74) is 0.872. The summed E-state index contributed by atoms with van der Waals surface area (Å²) in [5.74, 6) is -1.85. The van der Waals surface area contributed by atoms with Gasteiger partial charge in [-0.3, -0.25) is 9.36 Å². The summed E-state index contributed by atoms with van der Waals surface area (Å²) in [4.78, 5) is 29.2. The molecule has 2 aromatic carbocycles. The van der Waals surface area contributed by atoms with Crippen LogP contribution < -0.4 is 10.5 Å². The Morgan fingerprint density at radius 3 is 2.34 bits per heavy atom. The second kappa shape index (κ2) is 9.51. The highest BCUT2D eigenvalue weighted by atomic mass is 32.2. The van der Waals surface area contributed by atoms with E-state index in [1.54, 1.807) is 6.26 Å². The van der Waals surface area contributed by atoms with Crippen molar-refractivity contribution in [3.8, 4) is 5.69 Å². The lowest BCUT2D eigenvalue weighted by Gasteiger charge is -2.15. The van der Waals surface area contributed by atoms with Crippen molar-refractivity contribution in [3.63, 3.8) is 0 Å². The standard InChI is InChI=1S/C20H19FN4O5S2/c1-12(18(26)24-14-5-9-16(10-6-14)32(22,28)29)30-19(27)17-11-23-20(31-2)25(17)15-7-3-13(21)4-8-15/h3-12H,1-2H3,(H,24,26)(H2,22,28,29). The molecule has 3 rings (SSSR count). The van der Waals surface area contributed by atoms with Gasteiger partial charge in [-0.2, -0.15) is 0 Å². The van der Waals surface area contributed by atoms with Gasteiger partial charge in [0.2, 0.25) is 10.0 Å². The topological polar surface area (TPSA) is 133 Å². The molecule has 1 atom stereocenters. The molecule has 1 unspecified atom stereocenters. The third kappa shape index (κ3) is 5.33. The highest BCUT2D eigenvalue weighted by Crippen LogP contribution is 2.23. The first kappa shape index (κ1) is 23.4. The number of amides is 1. The number of anilines is 1. The number of nitrogens with zero attached hydrogens (tertiary/aromatic N) is 2. The Morgan fingerprint density at radius 2 is 1.78 bits per heavy atom. The number of aromatic nitrogens is 2. The van der Waals surface area contributed by atoms with Crippen molar-refractivity contribution in [1.29, 1.82) is 0 Å². The first-order valence-corrected chi connectivity index (χ1v) is 11.9. The molecular formula is C20H19FN4O5S2. The summed E-state index contributed by atoms with van der Waals surface area (Å²) < 4.78 is 42.7. The monoisotopic (exact) mass is 478 g/mol. The maximum absolute atomic E-state index is 13.3. The zero-order valence-electron chi connectivity index (χ0n) is 17.0. The Bertz CT molecular complexity index is 1240. The fourth-order valence-corrected chi connectivity index (χ4v) is 3.77. The molecule has 0 aliphatic rings. The molecule has 3 aromatic rings. The lowest BCUT2D eigenvalue weighted by molar-refractivity contribution is -0.123. The number of nitrogens with two attached hydrogens (primary N) is 1. The predicted molar refractivity (Wildman–Crippen MR) is 117 cm³/mol. The van der Waals surface area contributed by atoms with Crippen molar-refractivity contribution in [3.05, 3.63) is 66.2 Å². The fourth-order valence-electron chi connectivity index (χ4n) is 2.71. The maximum Gasteiger partial charge on any atom is 0.357 e. The van der Waals surface area contributed by atoms with Gasteiger partial charge in [0, 0.05) is 11.4 Å². The Morgan fingerprint density at radius 1 is 1.16 bits per heavy atom. The number of ether oxygens (including phenoxy) is 1. The molecule has 1 heterocycles. The minimum atomic E-state index is -3.85. The first-order valence-electron chi connectivity index (χ1n) is 9.12. The van der Waals surface area contributed by atoms with Crippen molar-refractivity contribution in [2.45, 2.75) is 23.1 Å². The van der Waals surface area contributed by atoms with Crippen LogP contribution in [-0.2, 0) is 19.6 Å². The SMILES string of the molecule is CSc1ncc(C(=O)OC(C)C(=O)Nc2ccc(S(N)(=O)=O)cc2)n1-c1ccc(F)cc1. The van der Waals surface area contributed by atoms with E-state index >= 15 is 0 Å². The number of carbonyl (C=O) groups excluding carboxylic acids is 2. The van der Waals surface area contributed by atoms with Gasteiger partial charge in [-0.1, -0.05) is 11.8 Å². The first-order chi connectivity index (χ1) is 15.1. The van der Waals surface area contributed by atoms with E-state index in [2.05, 4.69) is 10.3 Å². The molecule has 1 amide bonds. The number of rotatable bonds is 7. The summed E-state index contributed by atoms with van der Waals surface area (Å²) >= 11 is 1.28. The molecular weight excluding hydrogens is 459 g/mol. The smallest absolute Gasteiger partial charge is 0.357 e. The highest BCUT2D eigenvalue weighted by Gasteiger charge is 2.24. The van der Waals surface area contributed by atoms with E-state index in [1.165, 1.54) is 78.0 Å². The number of thioether (sulfide) groups is 1. The lowest BCUT2D eigenvalue weighted by Crippen LogP contribution is -2.30. The summed E-state index contributed by atoms with van der Waals surface area (Å²) in [5, 5.41) is 8.05. The summed E-state index contributed by atoms with van der Waals surface area (Å²) in [6.45, 7) is 1.39. The second-order valence-corrected chi connectivity index (χ2v) is 8.88. The van der Waals surface area contributed by atoms with Crippen LogP contribution in [0.4, 0.5) is 10.1 Å². The molecule has 0 saturated heterocycles. The quantitative estimate of drug-likeness (QED) is 0.394. The van der Waals surface area contributed by atoms with Gasteiger partial charge in [0.05, 0.1) is 11.1 Å². The van der Waals surface area contributed by atoms with Gasteiger partial charge in [-0.05, 0) is 61.7 Å². The molecule has 12 heteroatoms. The Kier molecular flexibility index (Phi) is 6.96. The number of sulfonamides is 1. The summed E-state index contributed by atoms with van der Waals surface area (Å²) in [6.07, 6.45) is 1.91. The Hall–Kier alpha value is -3.22. The molecule has 32 heavy (non-hydrogen) atoms. The highest BCUT2D eigenvalue weighted by molar-refractivity contribution is 7.98. The second-order valence-electron chi connectivity index (χ2n) is 6.55. The van der Waals surface area contributed by atoms with E-state index in [0.29, 0.717) is 16.5 Å². The molecule has 3 N–H and O–H groups in total. The van der Waals surface area contributed by atoms with Gasteiger partial charge in [0.15, 0.2) is 17.0 Å². The number of esters is 1. The van der Waals surface area contributed by atoms with Crippen LogP contribution in [0.1, 0.15) is 17.4 Å². The molecule has 0 aliphatic heterocycles. The number of carbonyl (C=O) groups is 2. The Labute approximate surface area is 187 Å². The lowest BCUT2D eigenvalue weighted by atomic mass is 10.3.